The van der Waals surface area contributed by atoms with Crippen LogP contribution in [-0.2, 0) is 6.54 Å². The van der Waals surface area contributed by atoms with E-state index in [1.807, 2.05) is 36.4 Å². The Labute approximate surface area is 113 Å². The Morgan fingerprint density at radius 2 is 1.83 bits per heavy atom. The maximum absolute atomic E-state index is 6.02. The molecule has 0 fully saturated rings. The monoisotopic (exact) mass is 261 g/mol. The second-order valence-corrected chi connectivity index (χ2v) is 4.57. The van der Waals surface area contributed by atoms with Crippen LogP contribution in [0.25, 0.3) is 0 Å². The van der Waals surface area contributed by atoms with E-state index in [0.717, 1.165) is 12.2 Å². The molecule has 0 atom stereocenters. The van der Waals surface area contributed by atoms with Crippen LogP contribution >= 0.6 is 11.6 Å². The maximum Gasteiger partial charge on any atom is 0.139 e. The van der Waals surface area contributed by atoms with Crippen LogP contribution < -0.4 is 9.64 Å². The van der Waals surface area contributed by atoms with Crippen LogP contribution in [0.5, 0.6) is 5.75 Å². The first kappa shape index (κ1) is 12.8. The van der Waals surface area contributed by atoms with Gasteiger partial charge in [-0.3, -0.25) is 0 Å². The van der Waals surface area contributed by atoms with Crippen molar-refractivity contribution < 1.29 is 4.74 Å². The van der Waals surface area contributed by atoms with Crippen LogP contribution in [0.1, 0.15) is 5.56 Å². The van der Waals surface area contributed by atoms with Crippen LogP contribution in [0.15, 0.2) is 48.5 Å². The second-order valence-electron chi connectivity index (χ2n) is 4.16. The third kappa shape index (κ3) is 2.96. The zero-order valence-corrected chi connectivity index (χ0v) is 11.3. The number of nitrogens with zero attached hydrogens (tertiary/aromatic N) is 1. The Kier molecular flexibility index (Phi) is 4.11. The van der Waals surface area contributed by atoms with Gasteiger partial charge in [0.1, 0.15) is 5.75 Å². The Bertz CT molecular complexity index is 513. The van der Waals surface area contributed by atoms with E-state index >= 15 is 0 Å². The SMILES string of the molecule is COc1cc(N(C)Cc2ccccc2)ccc1Cl. The van der Waals surface area contributed by atoms with E-state index in [2.05, 4.69) is 24.1 Å². The number of ether oxygens (including phenoxy) is 1. The molecule has 0 aliphatic heterocycles. The van der Waals surface area contributed by atoms with Crippen LogP contribution in [0.3, 0.4) is 0 Å². The fraction of sp³-hybridized carbons (Fsp3) is 0.200. The third-order valence-corrected chi connectivity index (χ3v) is 3.15. The molecule has 2 nitrogen and oxygen atoms in total. The molecule has 0 aromatic heterocycles. The molecule has 0 radical (unpaired) electrons. The second kappa shape index (κ2) is 5.78. The summed E-state index contributed by atoms with van der Waals surface area (Å²) in [4.78, 5) is 2.16. The van der Waals surface area contributed by atoms with Gasteiger partial charge in [0.2, 0.25) is 0 Å². The molecule has 0 aliphatic rings. The largest absolute Gasteiger partial charge is 0.495 e. The van der Waals surface area contributed by atoms with Crippen molar-refractivity contribution in [3.05, 3.63) is 59.1 Å². The van der Waals surface area contributed by atoms with Crippen molar-refractivity contribution in [1.29, 1.82) is 0 Å². The van der Waals surface area contributed by atoms with E-state index in [4.69, 9.17) is 16.3 Å². The van der Waals surface area contributed by atoms with Gasteiger partial charge in [0.05, 0.1) is 12.1 Å². The lowest BCUT2D eigenvalue weighted by molar-refractivity contribution is 0.415. The highest BCUT2D eigenvalue weighted by Crippen LogP contribution is 2.29. The molecule has 0 amide bonds. The van der Waals surface area contributed by atoms with Gasteiger partial charge in [-0.15, -0.1) is 0 Å². The summed E-state index contributed by atoms with van der Waals surface area (Å²) in [6.07, 6.45) is 0. The van der Waals surface area contributed by atoms with Crippen molar-refractivity contribution in [2.24, 2.45) is 0 Å². The Hall–Kier alpha value is -1.67. The minimum Gasteiger partial charge on any atom is -0.495 e. The Morgan fingerprint density at radius 3 is 2.50 bits per heavy atom. The first-order chi connectivity index (χ1) is 8.70. The summed E-state index contributed by atoms with van der Waals surface area (Å²) in [6.45, 7) is 0.853. The minimum atomic E-state index is 0.634. The van der Waals surface area contributed by atoms with E-state index in [-0.39, 0.29) is 0 Å². The van der Waals surface area contributed by atoms with Gasteiger partial charge in [-0.2, -0.15) is 0 Å². The summed E-state index contributed by atoms with van der Waals surface area (Å²) >= 11 is 6.02. The molecule has 0 N–H and O–H groups in total. The van der Waals surface area contributed by atoms with Crippen molar-refractivity contribution in [2.45, 2.75) is 6.54 Å². The van der Waals surface area contributed by atoms with Crippen LogP contribution in [0.4, 0.5) is 5.69 Å². The molecule has 0 aliphatic carbocycles. The lowest BCUT2D eigenvalue weighted by Crippen LogP contribution is -2.16. The minimum absolute atomic E-state index is 0.634. The van der Waals surface area contributed by atoms with Gasteiger partial charge in [-0.05, 0) is 17.7 Å². The summed E-state index contributed by atoms with van der Waals surface area (Å²) in [6, 6.07) is 16.1. The van der Waals surface area contributed by atoms with E-state index < -0.39 is 0 Å². The van der Waals surface area contributed by atoms with E-state index in [1.54, 1.807) is 7.11 Å². The van der Waals surface area contributed by atoms with Crippen molar-refractivity contribution in [1.82, 2.24) is 0 Å². The Balaban J connectivity index is 2.16. The first-order valence-corrected chi connectivity index (χ1v) is 6.17. The first-order valence-electron chi connectivity index (χ1n) is 5.79. The summed E-state index contributed by atoms with van der Waals surface area (Å²) in [5.74, 6) is 0.703. The number of rotatable bonds is 4. The summed E-state index contributed by atoms with van der Waals surface area (Å²) in [5.41, 5.74) is 2.36. The molecule has 0 heterocycles. The van der Waals surface area contributed by atoms with Crippen LogP contribution in [-0.4, -0.2) is 14.2 Å². The lowest BCUT2D eigenvalue weighted by Gasteiger charge is -2.20. The van der Waals surface area contributed by atoms with Gasteiger partial charge < -0.3 is 9.64 Å². The molecule has 0 saturated heterocycles. The molecule has 0 spiro atoms. The topological polar surface area (TPSA) is 12.5 Å². The predicted octanol–water partition coefficient (Wildman–Crippen LogP) is 3.99. The third-order valence-electron chi connectivity index (χ3n) is 2.84. The average Bonchev–Trinajstić information content (AvgIpc) is 2.40. The number of benzene rings is 2. The molecule has 3 heteroatoms. The average molecular weight is 262 g/mol. The van der Waals surface area contributed by atoms with Gasteiger partial charge in [0, 0.05) is 25.3 Å². The van der Waals surface area contributed by atoms with E-state index in [0.29, 0.717) is 10.8 Å². The molecule has 2 rings (SSSR count). The zero-order valence-electron chi connectivity index (χ0n) is 10.6. The van der Waals surface area contributed by atoms with Gasteiger partial charge >= 0.3 is 0 Å². The molecule has 18 heavy (non-hydrogen) atoms. The van der Waals surface area contributed by atoms with Gasteiger partial charge in [-0.25, -0.2) is 0 Å². The van der Waals surface area contributed by atoms with E-state index in [1.165, 1.54) is 5.56 Å². The summed E-state index contributed by atoms with van der Waals surface area (Å²) < 4.78 is 5.23. The molecule has 2 aromatic rings. The standard InChI is InChI=1S/C15H16ClNO/c1-17(11-12-6-4-3-5-7-12)13-8-9-14(16)15(10-13)18-2/h3-10H,11H2,1-2H3. The predicted molar refractivity (Wildman–Crippen MR) is 76.6 cm³/mol. The number of methoxy groups -OCH3 is 1. The van der Waals surface area contributed by atoms with Gasteiger partial charge in [0.25, 0.3) is 0 Å². The van der Waals surface area contributed by atoms with Gasteiger partial charge in [-0.1, -0.05) is 41.9 Å². The molecule has 2 aromatic carbocycles. The highest BCUT2D eigenvalue weighted by molar-refractivity contribution is 6.32. The molecule has 0 unspecified atom stereocenters. The van der Waals surface area contributed by atoms with Crippen LogP contribution in [0, 0.1) is 0 Å². The fourth-order valence-electron chi connectivity index (χ4n) is 1.83. The van der Waals surface area contributed by atoms with Crippen LogP contribution in [0.2, 0.25) is 5.02 Å². The fourth-order valence-corrected chi connectivity index (χ4v) is 2.03. The zero-order chi connectivity index (χ0) is 13.0. The smallest absolute Gasteiger partial charge is 0.139 e. The number of halogens is 1. The van der Waals surface area contributed by atoms with Crippen molar-refractivity contribution >= 4 is 17.3 Å². The highest BCUT2D eigenvalue weighted by atomic mass is 35.5. The number of hydrogen-bond donors (Lipinski definition) is 0. The van der Waals surface area contributed by atoms with Crippen molar-refractivity contribution in [2.75, 3.05) is 19.1 Å². The summed E-state index contributed by atoms with van der Waals surface area (Å²) in [5, 5.41) is 0.634. The maximum atomic E-state index is 6.02. The summed E-state index contributed by atoms with van der Waals surface area (Å²) in [7, 11) is 3.68. The molecular formula is C15H16ClNO. The van der Waals surface area contributed by atoms with Crippen molar-refractivity contribution in [3.63, 3.8) is 0 Å². The Morgan fingerprint density at radius 1 is 1.11 bits per heavy atom. The number of hydrogen-bond acceptors (Lipinski definition) is 2. The quantitative estimate of drug-likeness (QED) is 0.825. The normalized spacial score (nSPS) is 10.2. The van der Waals surface area contributed by atoms with E-state index in [9.17, 15) is 0 Å². The number of anilines is 1. The molecular weight excluding hydrogens is 246 g/mol. The lowest BCUT2D eigenvalue weighted by atomic mass is 10.2. The molecule has 0 saturated carbocycles. The highest BCUT2D eigenvalue weighted by Gasteiger charge is 2.06. The molecule has 94 valence electrons. The molecule has 0 bridgehead atoms. The van der Waals surface area contributed by atoms with Crippen molar-refractivity contribution in [3.8, 4) is 5.75 Å². The van der Waals surface area contributed by atoms with Gasteiger partial charge in [0.15, 0.2) is 0 Å².